The number of phenols is 1. The van der Waals surface area contributed by atoms with Crippen molar-refractivity contribution in [3.05, 3.63) is 60.1 Å². The number of hydrogen-bond acceptors (Lipinski definition) is 4. The van der Waals surface area contributed by atoms with Crippen LogP contribution in [0.2, 0.25) is 0 Å². The van der Waals surface area contributed by atoms with Gasteiger partial charge in [-0.05, 0) is 62.4 Å². The Labute approximate surface area is 183 Å². The average molecular weight is 423 g/mol. The molecule has 0 aliphatic rings. The summed E-state index contributed by atoms with van der Waals surface area (Å²) in [5.74, 6) is -0.630. The van der Waals surface area contributed by atoms with E-state index in [1.54, 1.807) is 6.20 Å². The van der Waals surface area contributed by atoms with Crippen molar-refractivity contribution < 1.29 is 14.2 Å². The van der Waals surface area contributed by atoms with Gasteiger partial charge >= 0.3 is 0 Å². The van der Waals surface area contributed by atoms with Crippen molar-refractivity contribution in [1.29, 1.82) is 0 Å². The number of phenolic OH excluding ortho intramolecular Hbond substituents is 1. The van der Waals surface area contributed by atoms with Crippen LogP contribution in [-0.4, -0.2) is 27.8 Å². The molecule has 0 saturated carbocycles. The summed E-state index contributed by atoms with van der Waals surface area (Å²) in [6, 6.07) is 9.90. The summed E-state index contributed by atoms with van der Waals surface area (Å²) in [5, 5.41) is 9.38. The quantitative estimate of drug-likeness (QED) is 0.341. The third kappa shape index (κ3) is 6.86. The molecular weight excluding hydrogens is 391 g/mol. The fraction of sp³-hybridized carbons (Fsp3) is 0.385. The van der Waals surface area contributed by atoms with Crippen LogP contribution in [-0.2, 0) is 4.74 Å². The summed E-state index contributed by atoms with van der Waals surface area (Å²) in [7, 11) is 0. The highest BCUT2D eigenvalue weighted by Gasteiger charge is 2.09. The Kier molecular flexibility index (Phi) is 8.53. The zero-order valence-corrected chi connectivity index (χ0v) is 18.4. The van der Waals surface area contributed by atoms with Crippen molar-refractivity contribution in [2.75, 3.05) is 6.61 Å². The van der Waals surface area contributed by atoms with E-state index < -0.39 is 5.82 Å². The first-order chi connectivity index (χ1) is 15.1. The van der Waals surface area contributed by atoms with Gasteiger partial charge in [0, 0.05) is 18.2 Å². The van der Waals surface area contributed by atoms with E-state index in [0.717, 1.165) is 49.4 Å². The first-order valence-corrected chi connectivity index (χ1v) is 11.1. The number of fused-ring (bicyclic) bond motifs is 1. The zero-order chi connectivity index (χ0) is 22.1. The topological polar surface area (TPSA) is 55.2 Å². The van der Waals surface area contributed by atoms with E-state index in [9.17, 15) is 9.50 Å². The Morgan fingerprint density at radius 3 is 2.77 bits per heavy atom. The van der Waals surface area contributed by atoms with Crippen LogP contribution in [0, 0.1) is 5.82 Å². The van der Waals surface area contributed by atoms with Gasteiger partial charge in [-0.15, -0.1) is 0 Å². The second kappa shape index (κ2) is 11.6. The Morgan fingerprint density at radius 1 is 1.10 bits per heavy atom. The molecule has 0 bridgehead atoms. The Hall–Kier alpha value is -2.79. The SMILES string of the molecule is CCCCCOC(C)CCCC=Cc1ccc2nc(-c3ccc(O)cc3F)cnc2c1. The summed E-state index contributed by atoms with van der Waals surface area (Å²) < 4.78 is 19.9. The zero-order valence-electron chi connectivity index (χ0n) is 18.4. The molecule has 1 atom stereocenters. The molecule has 0 radical (unpaired) electrons. The highest BCUT2D eigenvalue weighted by molar-refractivity contribution is 5.79. The van der Waals surface area contributed by atoms with E-state index in [1.165, 1.54) is 25.0 Å². The molecule has 0 aliphatic carbocycles. The van der Waals surface area contributed by atoms with Gasteiger partial charge < -0.3 is 9.84 Å². The fourth-order valence-electron chi connectivity index (χ4n) is 3.44. The standard InChI is InChI=1S/C26H31FN2O2/c1-3-4-8-15-31-19(2)9-6-5-7-10-20-11-14-24-25(16-20)28-18-26(29-24)22-13-12-21(30)17-23(22)27/h7,10-14,16-19,30H,3-6,8-9,15H2,1-2H3. The van der Waals surface area contributed by atoms with E-state index in [1.807, 2.05) is 18.2 Å². The van der Waals surface area contributed by atoms with Crippen molar-refractivity contribution >= 4 is 17.1 Å². The van der Waals surface area contributed by atoms with Crippen molar-refractivity contribution in [2.24, 2.45) is 0 Å². The van der Waals surface area contributed by atoms with Gasteiger partial charge in [-0.3, -0.25) is 4.98 Å². The maximum atomic E-state index is 14.1. The summed E-state index contributed by atoms with van der Waals surface area (Å²) >= 11 is 0. The number of aromatic nitrogens is 2. The number of rotatable bonds is 11. The third-order valence-corrected chi connectivity index (χ3v) is 5.24. The second-order valence-corrected chi connectivity index (χ2v) is 7.89. The molecule has 164 valence electrons. The Bertz CT molecular complexity index is 1020. The van der Waals surface area contributed by atoms with Gasteiger partial charge in [0.15, 0.2) is 0 Å². The van der Waals surface area contributed by atoms with Crippen LogP contribution in [0.25, 0.3) is 28.4 Å². The van der Waals surface area contributed by atoms with Crippen molar-refractivity contribution in [1.82, 2.24) is 9.97 Å². The molecule has 1 unspecified atom stereocenters. The predicted octanol–water partition coefficient (Wildman–Crippen LogP) is 6.92. The molecule has 1 aromatic heterocycles. The number of nitrogens with zero attached hydrogens (tertiary/aromatic N) is 2. The number of allylic oxidation sites excluding steroid dienone is 1. The minimum absolute atomic E-state index is 0.111. The molecule has 0 saturated heterocycles. The number of unbranched alkanes of at least 4 members (excludes halogenated alkanes) is 3. The average Bonchev–Trinajstić information content (AvgIpc) is 2.76. The molecule has 2 aromatic carbocycles. The van der Waals surface area contributed by atoms with Crippen LogP contribution < -0.4 is 0 Å². The van der Waals surface area contributed by atoms with Crippen molar-refractivity contribution in [3.63, 3.8) is 0 Å². The van der Waals surface area contributed by atoms with E-state index in [2.05, 4.69) is 36.0 Å². The Balaban J connectivity index is 1.54. The normalized spacial score (nSPS) is 12.6. The number of ether oxygens (including phenoxy) is 1. The molecule has 0 spiro atoms. The third-order valence-electron chi connectivity index (χ3n) is 5.24. The minimum atomic E-state index is -0.520. The number of halogens is 1. The molecule has 0 fully saturated rings. The highest BCUT2D eigenvalue weighted by Crippen LogP contribution is 2.25. The minimum Gasteiger partial charge on any atom is -0.508 e. The summed E-state index contributed by atoms with van der Waals surface area (Å²) in [6.07, 6.45) is 12.9. The summed E-state index contributed by atoms with van der Waals surface area (Å²) in [5.41, 5.74) is 3.30. The Morgan fingerprint density at radius 2 is 1.97 bits per heavy atom. The van der Waals surface area contributed by atoms with E-state index in [-0.39, 0.29) is 5.75 Å². The van der Waals surface area contributed by atoms with Crippen LogP contribution >= 0.6 is 0 Å². The molecule has 5 heteroatoms. The molecule has 4 nitrogen and oxygen atoms in total. The number of benzene rings is 2. The highest BCUT2D eigenvalue weighted by atomic mass is 19.1. The van der Waals surface area contributed by atoms with Crippen LogP contribution in [0.15, 0.2) is 48.7 Å². The smallest absolute Gasteiger partial charge is 0.136 e. The van der Waals surface area contributed by atoms with E-state index in [0.29, 0.717) is 22.9 Å². The van der Waals surface area contributed by atoms with E-state index in [4.69, 9.17) is 4.74 Å². The summed E-state index contributed by atoms with van der Waals surface area (Å²) in [6.45, 7) is 5.22. The summed E-state index contributed by atoms with van der Waals surface area (Å²) in [4.78, 5) is 8.97. The van der Waals surface area contributed by atoms with Gasteiger partial charge in [-0.2, -0.15) is 0 Å². The van der Waals surface area contributed by atoms with Gasteiger partial charge in [-0.1, -0.05) is 38.0 Å². The van der Waals surface area contributed by atoms with Crippen molar-refractivity contribution in [3.8, 4) is 17.0 Å². The molecule has 0 amide bonds. The number of hydrogen-bond donors (Lipinski definition) is 1. The lowest BCUT2D eigenvalue weighted by molar-refractivity contribution is 0.0566. The first-order valence-electron chi connectivity index (χ1n) is 11.1. The van der Waals surface area contributed by atoms with Crippen molar-refractivity contribution in [2.45, 2.75) is 58.5 Å². The monoisotopic (exact) mass is 422 g/mol. The molecule has 1 heterocycles. The van der Waals surface area contributed by atoms with Gasteiger partial charge in [0.25, 0.3) is 0 Å². The van der Waals surface area contributed by atoms with E-state index >= 15 is 0 Å². The molecule has 0 aliphatic heterocycles. The maximum absolute atomic E-state index is 14.1. The van der Waals surface area contributed by atoms with Gasteiger partial charge in [0.1, 0.15) is 11.6 Å². The van der Waals surface area contributed by atoms with Crippen LogP contribution in [0.4, 0.5) is 4.39 Å². The van der Waals surface area contributed by atoms with Gasteiger partial charge in [0.05, 0.1) is 29.0 Å². The van der Waals surface area contributed by atoms with Crippen LogP contribution in [0.1, 0.15) is 57.9 Å². The molecule has 1 N–H and O–H groups in total. The fourth-order valence-corrected chi connectivity index (χ4v) is 3.44. The molecule has 31 heavy (non-hydrogen) atoms. The largest absolute Gasteiger partial charge is 0.508 e. The molecule has 3 aromatic rings. The lowest BCUT2D eigenvalue weighted by Crippen LogP contribution is -2.08. The van der Waals surface area contributed by atoms with Crippen LogP contribution in [0.3, 0.4) is 0 Å². The first kappa shape index (κ1) is 22.9. The molecule has 3 rings (SSSR count). The lowest BCUT2D eigenvalue weighted by Gasteiger charge is -2.12. The predicted molar refractivity (Wildman–Crippen MR) is 124 cm³/mol. The maximum Gasteiger partial charge on any atom is 0.136 e. The van der Waals surface area contributed by atoms with Crippen LogP contribution in [0.5, 0.6) is 5.75 Å². The second-order valence-electron chi connectivity index (χ2n) is 7.89. The number of aromatic hydroxyl groups is 1. The van der Waals surface area contributed by atoms with Gasteiger partial charge in [0.2, 0.25) is 0 Å². The molecular formula is C26H31FN2O2. The lowest BCUT2D eigenvalue weighted by atomic mass is 10.1. The van der Waals surface area contributed by atoms with Gasteiger partial charge in [-0.25, -0.2) is 9.37 Å².